The van der Waals surface area contributed by atoms with Gasteiger partial charge in [0.05, 0.1) is 30.9 Å². The zero-order chi connectivity index (χ0) is 15.1. The molecule has 0 saturated carbocycles. The molecule has 6 nitrogen and oxygen atoms in total. The third kappa shape index (κ3) is 4.04. The summed E-state index contributed by atoms with van der Waals surface area (Å²) < 4.78 is 9.77. The van der Waals surface area contributed by atoms with E-state index in [9.17, 15) is 9.59 Å². The lowest BCUT2D eigenvalue weighted by Gasteiger charge is -2.14. The molecular formula is C14H18O6. The fourth-order valence-corrected chi connectivity index (χ4v) is 1.58. The Hall–Kier alpha value is -1.92. The van der Waals surface area contributed by atoms with Crippen LogP contribution in [0, 0.1) is 6.92 Å². The maximum absolute atomic E-state index is 11.8. The Bertz CT molecular complexity index is 479. The topological polar surface area (TPSA) is 93.1 Å². The van der Waals surface area contributed by atoms with Crippen LogP contribution in [0.3, 0.4) is 0 Å². The van der Waals surface area contributed by atoms with E-state index in [1.807, 2.05) is 0 Å². The maximum Gasteiger partial charge on any atom is 0.338 e. The second kappa shape index (κ2) is 7.62. The minimum Gasteiger partial charge on any atom is -0.462 e. The number of rotatable bonds is 6. The first-order valence-electron chi connectivity index (χ1n) is 6.23. The van der Waals surface area contributed by atoms with Crippen LogP contribution in [-0.2, 0) is 9.47 Å². The summed E-state index contributed by atoms with van der Waals surface area (Å²) in [7, 11) is 0. The van der Waals surface area contributed by atoms with Gasteiger partial charge in [-0.05, 0) is 37.6 Å². The van der Waals surface area contributed by atoms with E-state index in [0.717, 1.165) is 0 Å². The summed E-state index contributed by atoms with van der Waals surface area (Å²) in [4.78, 5) is 23.4. The number of aliphatic hydroxyl groups is 2. The summed E-state index contributed by atoms with van der Waals surface area (Å²) in [5.74, 6) is -1.12. The predicted molar refractivity (Wildman–Crippen MR) is 70.5 cm³/mol. The molecule has 0 aliphatic carbocycles. The van der Waals surface area contributed by atoms with Crippen molar-refractivity contribution in [2.45, 2.75) is 20.0 Å². The highest BCUT2D eigenvalue weighted by Crippen LogP contribution is 2.14. The Morgan fingerprint density at radius 1 is 1.20 bits per heavy atom. The average Bonchev–Trinajstić information content (AvgIpc) is 2.44. The first-order valence-corrected chi connectivity index (χ1v) is 6.23. The van der Waals surface area contributed by atoms with Crippen LogP contribution in [0.5, 0.6) is 0 Å². The van der Waals surface area contributed by atoms with Crippen LogP contribution in [0.1, 0.15) is 33.2 Å². The quantitative estimate of drug-likeness (QED) is 0.745. The summed E-state index contributed by atoms with van der Waals surface area (Å²) in [5, 5.41) is 17.7. The van der Waals surface area contributed by atoms with Gasteiger partial charge in [0.2, 0.25) is 0 Å². The number of aryl methyl sites for hydroxylation is 1. The van der Waals surface area contributed by atoms with Crippen molar-refractivity contribution >= 4 is 11.9 Å². The summed E-state index contributed by atoms with van der Waals surface area (Å²) >= 11 is 0. The molecule has 20 heavy (non-hydrogen) atoms. The molecule has 0 fully saturated rings. The van der Waals surface area contributed by atoms with E-state index in [1.54, 1.807) is 13.8 Å². The van der Waals surface area contributed by atoms with E-state index in [-0.39, 0.29) is 12.2 Å². The fraction of sp³-hybridized carbons (Fsp3) is 0.429. The minimum absolute atomic E-state index is 0.268. The van der Waals surface area contributed by atoms with Crippen LogP contribution in [0.25, 0.3) is 0 Å². The molecule has 0 spiro atoms. The molecule has 0 radical (unpaired) electrons. The second-order valence-corrected chi connectivity index (χ2v) is 4.14. The first kappa shape index (κ1) is 16.1. The van der Waals surface area contributed by atoms with E-state index in [4.69, 9.17) is 19.7 Å². The molecular weight excluding hydrogens is 264 g/mol. The van der Waals surface area contributed by atoms with Crippen LogP contribution in [0.15, 0.2) is 18.2 Å². The van der Waals surface area contributed by atoms with Crippen LogP contribution in [0.4, 0.5) is 0 Å². The number of carbonyl (C=O) groups is 2. The lowest BCUT2D eigenvalue weighted by molar-refractivity contribution is -0.00553. The molecule has 0 heterocycles. The second-order valence-electron chi connectivity index (χ2n) is 4.14. The van der Waals surface area contributed by atoms with Crippen LogP contribution < -0.4 is 0 Å². The van der Waals surface area contributed by atoms with Crippen molar-refractivity contribution in [1.29, 1.82) is 0 Å². The average molecular weight is 282 g/mol. The van der Waals surface area contributed by atoms with E-state index >= 15 is 0 Å². The molecule has 0 aliphatic heterocycles. The van der Waals surface area contributed by atoms with Crippen LogP contribution >= 0.6 is 0 Å². The van der Waals surface area contributed by atoms with Crippen molar-refractivity contribution in [3.05, 3.63) is 34.9 Å². The largest absolute Gasteiger partial charge is 0.462 e. The highest BCUT2D eigenvalue weighted by Gasteiger charge is 2.17. The predicted octanol–water partition coefficient (Wildman–Crippen LogP) is 0.682. The molecule has 0 atom stereocenters. The lowest BCUT2D eigenvalue weighted by Crippen LogP contribution is -2.26. The summed E-state index contributed by atoms with van der Waals surface area (Å²) in [6, 6.07) is 4.45. The molecule has 0 aliphatic rings. The van der Waals surface area contributed by atoms with E-state index in [0.29, 0.717) is 11.1 Å². The van der Waals surface area contributed by atoms with Crippen molar-refractivity contribution in [3.63, 3.8) is 0 Å². The van der Waals surface area contributed by atoms with Gasteiger partial charge in [0.15, 0.2) is 0 Å². The molecule has 0 saturated heterocycles. The Morgan fingerprint density at radius 3 is 2.35 bits per heavy atom. The number of hydrogen-bond acceptors (Lipinski definition) is 6. The van der Waals surface area contributed by atoms with Crippen molar-refractivity contribution in [3.8, 4) is 0 Å². The van der Waals surface area contributed by atoms with Gasteiger partial charge in [-0.3, -0.25) is 0 Å². The van der Waals surface area contributed by atoms with Gasteiger partial charge < -0.3 is 19.7 Å². The zero-order valence-corrected chi connectivity index (χ0v) is 11.5. The maximum atomic E-state index is 11.8. The number of hydrogen-bond donors (Lipinski definition) is 2. The summed E-state index contributed by atoms with van der Waals surface area (Å²) in [6.45, 7) is 2.73. The number of carbonyl (C=O) groups excluding carboxylic acids is 2. The van der Waals surface area contributed by atoms with Crippen LogP contribution in [-0.4, -0.2) is 48.1 Å². The Labute approximate surface area is 116 Å². The zero-order valence-electron chi connectivity index (χ0n) is 11.5. The Morgan fingerprint density at radius 2 is 1.85 bits per heavy atom. The van der Waals surface area contributed by atoms with Crippen molar-refractivity contribution < 1.29 is 29.3 Å². The van der Waals surface area contributed by atoms with Gasteiger partial charge in [-0.1, -0.05) is 0 Å². The number of esters is 2. The smallest absolute Gasteiger partial charge is 0.338 e. The highest BCUT2D eigenvalue weighted by molar-refractivity contribution is 5.94. The van der Waals surface area contributed by atoms with Gasteiger partial charge in [0.1, 0.15) is 6.10 Å². The summed E-state index contributed by atoms with van der Waals surface area (Å²) in [6.07, 6.45) is -0.952. The van der Waals surface area contributed by atoms with Crippen molar-refractivity contribution in [2.24, 2.45) is 0 Å². The molecule has 0 aromatic heterocycles. The van der Waals surface area contributed by atoms with E-state index in [2.05, 4.69) is 0 Å². The normalized spacial score (nSPS) is 10.4. The molecule has 0 amide bonds. The Balaban J connectivity index is 2.87. The third-order valence-electron chi connectivity index (χ3n) is 2.64. The van der Waals surface area contributed by atoms with Gasteiger partial charge in [-0.25, -0.2) is 9.59 Å². The van der Waals surface area contributed by atoms with Gasteiger partial charge in [0.25, 0.3) is 0 Å². The molecule has 0 bridgehead atoms. The van der Waals surface area contributed by atoms with Crippen LogP contribution in [0.2, 0.25) is 0 Å². The van der Waals surface area contributed by atoms with E-state index < -0.39 is 31.3 Å². The summed E-state index contributed by atoms with van der Waals surface area (Å²) in [5.41, 5.74) is 1.17. The van der Waals surface area contributed by atoms with Crippen molar-refractivity contribution in [2.75, 3.05) is 19.8 Å². The molecule has 110 valence electrons. The molecule has 1 aromatic rings. The monoisotopic (exact) mass is 282 g/mol. The van der Waals surface area contributed by atoms with Gasteiger partial charge in [-0.15, -0.1) is 0 Å². The molecule has 1 rings (SSSR count). The SMILES string of the molecule is CCOC(=O)c1ccc(C(=O)OC(CO)CO)c(C)c1. The number of aliphatic hydroxyl groups excluding tert-OH is 2. The van der Waals surface area contributed by atoms with Gasteiger partial charge >= 0.3 is 11.9 Å². The molecule has 6 heteroatoms. The third-order valence-corrected chi connectivity index (χ3v) is 2.64. The minimum atomic E-state index is -0.952. The first-order chi connectivity index (χ1) is 9.53. The molecule has 1 aromatic carbocycles. The number of ether oxygens (including phenoxy) is 2. The number of benzene rings is 1. The van der Waals surface area contributed by atoms with Gasteiger partial charge in [-0.2, -0.15) is 0 Å². The fourth-order valence-electron chi connectivity index (χ4n) is 1.58. The Kier molecular flexibility index (Phi) is 6.14. The van der Waals surface area contributed by atoms with E-state index in [1.165, 1.54) is 18.2 Å². The van der Waals surface area contributed by atoms with Gasteiger partial charge in [0, 0.05) is 0 Å². The molecule has 0 unspecified atom stereocenters. The standard InChI is InChI=1S/C14H18O6/c1-3-19-13(17)10-4-5-12(9(2)6-10)14(18)20-11(7-15)8-16/h4-6,11,15-16H,3,7-8H2,1-2H3. The van der Waals surface area contributed by atoms with Crippen molar-refractivity contribution in [1.82, 2.24) is 0 Å². The highest BCUT2D eigenvalue weighted by atomic mass is 16.6. The lowest BCUT2D eigenvalue weighted by atomic mass is 10.1. The molecule has 2 N–H and O–H groups in total.